The van der Waals surface area contributed by atoms with Gasteiger partial charge in [0.25, 0.3) is 0 Å². The summed E-state index contributed by atoms with van der Waals surface area (Å²) in [5.41, 5.74) is 8.55. The molecular formula is C14H13Cl3N2. The van der Waals surface area contributed by atoms with Crippen LogP contribution in [0.3, 0.4) is 0 Å². The highest BCUT2D eigenvalue weighted by Gasteiger charge is 2.09. The van der Waals surface area contributed by atoms with Crippen molar-refractivity contribution in [3.63, 3.8) is 0 Å². The van der Waals surface area contributed by atoms with Crippen LogP contribution in [0, 0.1) is 0 Å². The molecular weight excluding hydrogens is 303 g/mol. The zero-order chi connectivity index (χ0) is 14.0. The van der Waals surface area contributed by atoms with E-state index in [0.717, 1.165) is 16.3 Å². The Hall–Kier alpha value is -1.09. The van der Waals surface area contributed by atoms with Crippen molar-refractivity contribution in [2.45, 2.75) is 6.54 Å². The summed E-state index contributed by atoms with van der Waals surface area (Å²) in [4.78, 5) is 2.01. The van der Waals surface area contributed by atoms with Crippen LogP contribution in [0.15, 0.2) is 36.4 Å². The quantitative estimate of drug-likeness (QED) is 0.819. The largest absolute Gasteiger partial charge is 0.397 e. The van der Waals surface area contributed by atoms with Crippen molar-refractivity contribution in [3.8, 4) is 0 Å². The minimum absolute atomic E-state index is 0.461. The molecule has 0 unspecified atom stereocenters. The number of halogens is 3. The molecule has 2 N–H and O–H groups in total. The van der Waals surface area contributed by atoms with E-state index < -0.39 is 0 Å². The number of benzene rings is 2. The lowest BCUT2D eigenvalue weighted by molar-refractivity contribution is 0.925. The third-order valence-corrected chi connectivity index (χ3v) is 3.79. The predicted molar refractivity (Wildman–Crippen MR) is 84.4 cm³/mol. The minimum Gasteiger partial charge on any atom is -0.397 e. The maximum absolute atomic E-state index is 6.02. The average molecular weight is 316 g/mol. The van der Waals surface area contributed by atoms with Gasteiger partial charge in [0.1, 0.15) is 0 Å². The van der Waals surface area contributed by atoms with Crippen molar-refractivity contribution in [1.82, 2.24) is 0 Å². The molecule has 0 atom stereocenters. The molecule has 0 saturated heterocycles. The van der Waals surface area contributed by atoms with E-state index >= 15 is 0 Å². The molecule has 0 fully saturated rings. The molecule has 0 radical (unpaired) electrons. The van der Waals surface area contributed by atoms with Crippen LogP contribution < -0.4 is 10.6 Å². The number of anilines is 2. The first-order valence-electron chi connectivity index (χ1n) is 5.67. The minimum atomic E-state index is 0.461. The highest BCUT2D eigenvalue weighted by atomic mass is 35.5. The molecule has 0 amide bonds. The third kappa shape index (κ3) is 3.47. The molecule has 19 heavy (non-hydrogen) atoms. The van der Waals surface area contributed by atoms with Crippen molar-refractivity contribution in [3.05, 3.63) is 57.0 Å². The Balaban J connectivity index is 2.22. The molecule has 100 valence electrons. The van der Waals surface area contributed by atoms with Crippen molar-refractivity contribution in [2.75, 3.05) is 17.7 Å². The normalized spacial score (nSPS) is 10.5. The van der Waals surface area contributed by atoms with Crippen LogP contribution in [0.1, 0.15) is 5.56 Å². The summed E-state index contributed by atoms with van der Waals surface area (Å²) in [6.45, 7) is 0.708. The molecule has 0 aliphatic rings. The molecule has 0 aliphatic carbocycles. The summed E-state index contributed by atoms with van der Waals surface area (Å²) >= 11 is 17.8. The Kier molecular flexibility index (Phi) is 4.46. The van der Waals surface area contributed by atoms with Gasteiger partial charge in [0.05, 0.1) is 21.4 Å². The van der Waals surface area contributed by atoms with Gasteiger partial charge in [0, 0.05) is 18.6 Å². The number of rotatable bonds is 3. The second kappa shape index (κ2) is 5.91. The maximum atomic E-state index is 6.02. The standard InChI is InChI=1S/C14H13Cl3N2/c1-19(8-9-2-4-10(15)5-3-9)14-7-12(17)11(16)6-13(14)18/h2-7H,8,18H2,1H3. The average Bonchev–Trinajstić information content (AvgIpc) is 2.36. The maximum Gasteiger partial charge on any atom is 0.0616 e. The summed E-state index contributed by atoms with van der Waals surface area (Å²) in [5, 5.41) is 1.68. The SMILES string of the molecule is CN(Cc1ccc(Cl)cc1)c1cc(Cl)c(Cl)cc1N. The van der Waals surface area contributed by atoms with Crippen LogP contribution in [0.4, 0.5) is 11.4 Å². The van der Waals surface area contributed by atoms with Crippen LogP contribution in [0.5, 0.6) is 0 Å². The van der Waals surface area contributed by atoms with Gasteiger partial charge in [-0.2, -0.15) is 0 Å². The Morgan fingerprint density at radius 1 is 1.00 bits per heavy atom. The second-order valence-corrected chi connectivity index (χ2v) is 5.56. The molecule has 0 bridgehead atoms. The number of nitrogen functional groups attached to an aromatic ring is 1. The Morgan fingerprint density at radius 3 is 2.21 bits per heavy atom. The summed E-state index contributed by atoms with van der Waals surface area (Å²) in [6.07, 6.45) is 0. The zero-order valence-electron chi connectivity index (χ0n) is 10.3. The molecule has 2 nitrogen and oxygen atoms in total. The summed E-state index contributed by atoms with van der Waals surface area (Å²) in [7, 11) is 1.95. The molecule has 5 heteroatoms. The number of hydrogen-bond donors (Lipinski definition) is 1. The van der Waals surface area contributed by atoms with Crippen LogP contribution in [0.2, 0.25) is 15.1 Å². The van der Waals surface area contributed by atoms with Crippen molar-refractivity contribution >= 4 is 46.2 Å². The van der Waals surface area contributed by atoms with E-state index in [1.165, 1.54) is 0 Å². The Morgan fingerprint density at radius 2 is 1.58 bits per heavy atom. The molecule has 0 saturated carbocycles. The van der Waals surface area contributed by atoms with Crippen molar-refractivity contribution in [1.29, 1.82) is 0 Å². The van der Waals surface area contributed by atoms with Gasteiger partial charge in [-0.05, 0) is 29.8 Å². The van der Waals surface area contributed by atoms with Crippen LogP contribution in [0.25, 0.3) is 0 Å². The zero-order valence-corrected chi connectivity index (χ0v) is 12.6. The number of hydrogen-bond acceptors (Lipinski definition) is 2. The van der Waals surface area contributed by atoms with Gasteiger partial charge < -0.3 is 10.6 Å². The van der Waals surface area contributed by atoms with Crippen LogP contribution in [-0.4, -0.2) is 7.05 Å². The van der Waals surface area contributed by atoms with E-state index in [1.807, 2.05) is 36.2 Å². The van der Waals surface area contributed by atoms with Gasteiger partial charge in [-0.1, -0.05) is 46.9 Å². The van der Waals surface area contributed by atoms with E-state index in [2.05, 4.69) is 0 Å². The number of nitrogens with two attached hydrogens (primary N) is 1. The van der Waals surface area contributed by atoms with Crippen molar-refractivity contribution < 1.29 is 0 Å². The van der Waals surface area contributed by atoms with Gasteiger partial charge in [0.2, 0.25) is 0 Å². The van der Waals surface area contributed by atoms with E-state index in [1.54, 1.807) is 12.1 Å². The molecule has 2 aromatic rings. The van der Waals surface area contributed by atoms with Crippen LogP contribution >= 0.6 is 34.8 Å². The highest BCUT2D eigenvalue weighted by Crippen LogP contribution is 2.33. The summed E-state index contributed by atoms with van der Waals surface area (Å²) < 4.78 is 0. The summed E-state index contributed by atoms with van der Waals surface area (Å²) in [6, 6.07) is 11.1. The first-order chi connectivity index (χ1) is 8.97. The smallest absolute Gasteiger partial charge is 0.0616 e. The Labute approximate surface area is 127 Å². The van der Waals surface area contributed by atoms with Gasteiger partial charge in [0.15, 0.2) is 0 Å². The molecule has 2 rings (SSSR count). The van der Waals surface area contributed by atoms with Gasteiger partial charge in [-0.15, -0.1) is 0 Å². The lowest BCUT2D eigenvalue weighted by Crippen LogP contribution is -2.17. The monoisotopic (exact) mass is 314 g/mol. The van der Waals surface area contributed by atoms with E-state index in [4.69, 9.17) is 40.5 Å². The molecule has 0 aromatic heterocycles. The first kappa shape index (κ1) is 14.3. The second-order valence-electron chi connectivity index (χ2n) is 4.31. The molecule has 0 spiro atoms. The molecule has 2 aromatic carbocycles. The molecule has 0 aliphatic heterocycles. The highest BCUT2D eigenvalue weighted by molar-refractivity contribution is 6.42. The van der Waals surface area contributed by atoms with E-state index in [0.29, 0.717) is 22.3 Å². The third-order valence-electron chi connectivity index (χ3n) is 2.81. The van der Waals surface area contributed by atoms with E-state index in [-0.39, 0.29) is 0 Å². The molecule has 0 heterocycles. The fourth-order valence-electron chi connectivity index (χ4n) is 1.83. The number of nitrogens with zero attached hydrogens (tertiary/aromatic N) is 1. The van der Waals surface area contributed by atoms with Gasteiger partial charge in [-0.3, -0.25) is 0 Å². The fraction of sp³-hybridized carbons (Fsp3) is 0.143. The fourth-order valence-corrected chi connectivity index (χ4v) is 2.29. The van der Waals surface area contributed by atoms with Gasteiger partial charge >= 0.3 is 0 Å². The topological polar surface area (TPSA) is 29.3 Å². The van der Waals surface area contributed by atoms with E-state index in [9.17, 15) is 0 Å². The Bertz CT molecular complexity index is 582. The summed E-state index contributed by atoms with van der Waals surface area (Å²) in [5.74, 6) is 0. The first-order valence-corrected chi connectivity index (χ1v) is 6.81. The lowest BCUT2D eigenvalue weighted by atomic mass is 10.2. The predicted octanol–water partition coefficient (Wildman–Crippen LogP) is 4.87. The van der Waals surface area contributed by atoms with Crippen molar-refractivity contribution in [2.24, 2.45) is 0 Å². The van der Waals surface area contributed by atoms with Gasteiger partial charge in [-0.25, -0.2) is 0 Å². The van der Waals surface area contributed by atoms with Crippen LogP contribution in [-0.2, 0) is 6.54 Å². The lowest BCUT2D eigenvalue weighted by Gasteiger charge is -2.22.